The largest absolute Gasteiger partial charge is 0.355 e. The Hall–Kier alpha value is -1.57. The zero-order chi connectivity index (χ0) is 15.1. The zero-order valence-electron chi connectivity index (χ0n) is 13.3. The summed E-state index contributed by atoms with van der Waals surface area (Å²) in [4.78, 5) is 8.26. The summed E-state index contributed by atoms with van der Waals surface area (Å²) in [5.74, 6) is 0.815. The number of hydrogen-bond acceptors (Lipinski definition) is 2. The van der Waals surface area contributed by atoms with Crippen molar-refractivity contribution in [2.75, 3.05) is 13.6 Å². The van der Waals surface area contributed by atoms with E-state index < -0.39 is 0 Å². The SMILES string of the molecule is CN=C(NCCn1ccnc1)NCc1ccc(C)cc1C.I. The first-order valence-electron chi connectivity index (χ1n) is 7.15. The van der Waals surface area contributed by atoms with Gasteiger partial charge in [0.05, 0.1) is 6.33 Å². The van der Waals surface area contributed by atoms with Gasteiger partial charge in [-0.2, -0.15) is 0 Å². The highest BCUT2D eigenvalue weighted by atomic mass is 127. The monoisotopic (exact) mass is 413 g/mol. The van der Waals surface area contributed by atoms with Crippen LogP contribution in [0.3, 0.4) is 0 Å². The van der Waals surface area contributed by atoms with E-state index in [9.17, 15) is 0 Å². The Morgan fingerprint density at radius 1 is 1.27 bits per heavy atom. The lowest BCUT2D eigenvalue weighted by atomic mass is 10.1. The Morgan fingerprint density at radius 3 is 2.73 bits per heavy atom. The number of rotatable bonds is 5. The van der Waals surface area contributed by atoms with E-state index in [1.54, 1.807) is 13.2 Å². The summed E-state index contributed by atoms with van der Waals surface area (Å²) in [5.41, 5.74) is 3.88. The van der Waals surface area contributed by atoms with Crippen molar-refractivity contribution in [1.29, 1.82) is 0 Å². The molecule has 0 aliphatic rings. The zero-order valence-corrected chi connectivity index (χ0v) is 15.7. The number of guanidine groups is 1. The van der Waals surface area contributed by atoms with Crippen LogP contribution in [0.5, 0.6) is 0 Å². The Bertz CT molecular complexity index is 593. The number of imidazole rings is 1. The van der Waals surface area contributed by atoms with Crippen LogP contribution in [0.4, 0.5) is 0 Å². The quantitative estimate of drug-likeness (QED) is 0.450. The van der Waals surface area contributed by atoms with Crippen molar-refractivity contribution in [2.24, 2.45) is 4.99 Å². The first kappa shape index (κ1) is 18.5. The van der Waals surface area contributed by atoms with Gasteiger partial charge >= 0.3 is 0 Å². The van der Waals surface area contributed by atoms with Crippen LogP contribution in [-0.4, -0.2) is 29.1 Å². The van der Waals surface area contributed by atoms with E-state index in [0.717, 1.165) is 25.6 Å². The third-order valence-corrected chi connectivity index (χ3v) is 3.39. The van der Waals surface area contributed by atoms with Gasteiger partial charge in [0, 0.05) is 39.1 Å². The molecule has 1 heterocycles. The fraction of sp³-hybridized carbons (Fsp3) is 0.375. The minimum atomic E-state index is 0. The van der Waals surface area contributed by atoms with E-state index in [1.807, 2.05) is 17.1 Å². The van der Waals surface area contributed by atoms with Crippen molar-refractivity contribution in [2.45, 2.75) is 26.9 Å². The summed E-state index contributed by atoms with van der Waals surface area (Å²) in [5, 5.41) is 6.64. The molecule has 2 N–H and O–H groups in total. The third kappa shape index (κ3) is 5.67. The van der Waals surface area contributed by atoms with Crippen molar-refractivity contribution in [3.8, 4) is 0 Å². The predicted octanol–water partition coefficient (Wildman–Crippen LogP) is 2.48. The highest BCUT2D eigenvalue weighted by Gasteiger charge is 2.01. The van der Waals surface area contributed by atoms with Gasteiger partial charge in [-0.1, -0.05) is 23.8 Å². The first-order valence-corrected chi connectivity index (χ1v) is 7.15. The summed E-state index contributed by atoms with van der Waals surface area (Å²) < 4.78 is 2.03. The maximum absolute atomic E-state index is 4.24. The first-order chi connectivity index (χ1) is 10.2. The molecular formula is C16H24IN5. The lowest BCUT2D eigenvalue weighted by Crippen LogP contribution is -2.38. The molecule has 120 valence electrons. The van der Waals surface area contributed by atoms with E-state index >= 15 is 0 Å². The minimum absolute atomic E-state index is 0. The molecule has 0 amide bonds. The standard InChI is InChI=1S/C16H23N5.HI/c1-13-4-5-15(14(2)10-13)11-20-16(17-3)19-7-9-21-8-6-18-12-21;/h4-6,8,10,12H,7,9,11H2,1-3H3,(H2,17,19,20);1H. The molecule has 0 unspecified atom stereocenters. The fourth-order valence-corrected chi connectivity index (χ4v) is 2.17. The van der Waals surface area contributed by atoms with Gasteiger partial charge in [-0.3, -0.25) is 4.99 Å². The van der Waals surface area contributed by atoms with E-state index in [-0.39, 0.29) is 24.0 Å². The number of hydrogen-bond donors (Lipinski definition) is 2. The molecule has 6 heteroatoms. The van der Waals surface area contributed by atoms with Gasteiger partial charge < -0.3 is 15.2 Å². The summed E-state index contributed by atoms with van der Waals surface area (Å²) in [6, 6.07) is 6.50. The molecule has 5 nitrogen and oxygen atoms in total. The molecule has 1 aromatic heterocycles. The number of aliphatic imine (C=N–C) groups is 1. The van der Waals surface area contributed by atoms with Gasteiger partial charge in [-0.25, -0.2) is 4.98 Å². The summed E-state index contributed by atoms with van der Waals surface area (Å²) in [7, 11) is 1.79. The van der Waals surface area contributed by atoms with Crippen molar-refractivity contribution in [3.63, 3.8) is 0 Å². The van der Waals surface area contributed by atoms with E-state index in [0.29, 0.717) is 0 Å². The Kier molecular flexibility index (Phi) is 7.94. The lowest BCUT2D eigenvalue weighted by Gasteiger charge is -2.13. The van der Waals surface area contributed by atoms with Gasteiger partial charge in [0.25, 0.3) is 0 Å². The molecule has 0 aliphatic carbocycles. The van der Waals surface area contributed by atoms with Crippen molar-refractivity contribution in [1.82, 2.24) is 20.2 Å². The molecule has 0 saturated carbocycles. The number of nitrogens with zero attached hydrogens (tertiary/aromatic N) is 3. The molecule has 22 heavy (non-hydrogen) atoms. The predicted molar refractivity (Wildman–Crippen MR) is 102 cm³/mol. The molecule has 2 rings (SSSR count). The number of halogens is 1. The number of benzene rings is 1. The molecular weight excluding hydrogens is 389 g/mol. The molecule has 0 bridgehead atoms. The van der Waals surface area contributed by atoms with Crippen LogP contribution < -0.4 is 10.6 Å². The average molecular weight is 413 g/mol. The van der Waals surface area contributed by atoms with Gasteiger partial charge in [0.1, 0.15) is 0 Å². The molecule has 1 aromatic carbocycles. The maximum Gasteiger partial charge on any atom is 0.191 e. The lowest BCUT2D eigenvalue weighted by molar-refractivity contribution is 0.661. The van der Waals surface area contributed by atoms with Crippen LogP contribution in [0.15, 0.2) is 41.9 Å². The molecule has 2 aromatic rings. The van der Waals surface area contributed by atoms with Gasteiger partial charge in [0.15, 0.2) is 5.96 Å². The molecule has 0 atom stereocenters. The molecule has 0 spiro atoms. The molecule has 0 fully saturated rings. The summed E-state index contributed by atoms with van der Waals surface area (Å²) >= 11 is 0. The Morgan fingerprint density at radius 2 is 2.09 bits per heavy atom. The molecule has 0 radical (unpaired) electrons. The van der Waals surface area contributed by atoms with Gasteiger partial charge in [-0.05, 0) is 25.0 Å². The normalized spacial score (nSPS) is 11.0. The van der Waals surface area contributed by atoms with Crippen molar-refractivity contribution < 1.29 is 0 Å². The van der Waals surface area contributed by atoms with Crippen LogP contribution in [-0.2, 0) is 13.1 Å². The van der Waals surface area contributed by atoms with Crippen LogP contribution in [0.2, 0.25) is 0 Å². The number of aryl methyl sites for hydroxylation is 2. The van der Waals surface area contributed by atoms with Crippen LogP contribution in [0.25, 0.3) is 0 Å². The van der Waals surface area contributed by atoms with E-state index in [4.69, 9.17) is 0 Å². The second-order valence-corrected chi connectivity index (χ2v) is 5.08. The highest BCUT2D eigenvalue weighted by molar-refractivity contribution is 14.0. The summed E-state index contributed by atoms with van der Waals surface area (Å²) in [6.45, 7) is 6.70. The number of aromatic nitrogens is 2. The van der Waals surface area contributed by atoms with Crippen LogP contribution in [0.1, 0.15) is 16.7 Å². The minimum Gasteiger partial charge on any atom is -0.355 e. The Labute approximate surface area is 149 Å². The third-order valence-electron chi connectivity index (χ3n) is 3.39. The highest BCUT2D eigenvalue weighted by Crippen LogP contribution is 2.09. The van der Waals surface area contributed by atoms with Gasteiger partial charge in [0.2, 0.25) is 0 Å². The van der Waals surface area contributed by atoms with E-state index in [2.05, 4.69) is 52.7 Å². The average Bonchev–Trinajstić information content (AvgIpc) is 2.97. The van der Waals surface area contributed by atoms with Crippen LogP contribution >= 0.6 is 24.0 Å². The van der Waals surface area contributed by atoms with Gasteiger partial charge in [-0.15, -0.1) is 24.0 Å². The number of nitrogens with one attached hydrogen (secondary N) is 2. The smallest absolute Gasteiger partial charge is 0.191 e. The molecule has 0 aliphatic heterocycles. The van der Waals surface area contributed by atoms with Crippen molar-refractivity contribution >= 4 is 29.9 Å². The second kappa shape index (κ2) is 9.45. The second-order valence-electron chi connectivity index (χ2n) is 5.08. The molecule has 0 saturated heterocycles. The maximum atomic E-state index is 4.24. The van der Waals surface area contributed by atoms with Crippen LogP contribution in [0, 0.1) is 13.8 Å². The fourth-order valence-electron chi connectivity index (χ4n) is 2.17. The topological polar surface area (TPSA) is 54.2 Å². The van der Waals surface area contributed by atoms with Crippen molar-refractivity contribution in [3.05, 3.63) is 53.6 Å². The van der Waals surface area contributed by atoms with E-state index in [1.165, 1.54) is 16.7 Å². The summed E-state index contributed by atoms with van der Waals surface area (Å²) in [6.07, 6.45) is 5.55. The Balaban J connectivity index is 0.00000242.